The second kappa shape index (κ2) is 6.48. The third-order valence-electron chi connectivity index (χ3n) is 4.31. The van der Waals surface area contributed by atoms with E-state index in [1.807, 2.05) is 17.8 Å². The molecular formula is C15H22N4O3. The van der Waals surface area contributed by atoms with Gasteiger partial charge in [-0.25, -0.2) is 4.98 Å². The molecule has 1 aromatic rings. The number of nitrogens with one attached hydrogen (secondary N) is 2. The van der Waals surface area contributed by atoms with Crippen molar-refractivity contribution >= 4 is 11.8 Å². The lowest BCUT2D eigenvalue weighted by Gasteiger charge is -2.33. The molecule has 120 valence electrons. The van der Waals surface area contributed by atoms with E-state index in [1.54, 1.807) is 6.20 Å². The highest BCUT2D eigenvalue weighted by molar-refractivity contribution is 5.80. The van der Waals surface area contributed by atoms with Gasteiger partial charge in [0.2, 0.25) is 11.8 Å². The summed E-state index contributed by atoms with van der Waals surface area (Å²) >= 11 is 0. The summed E-state index contributed by atoms with van der Waals surface area (Å²) in [6.07, 6.45) is 6.98. The van der Waals surface area contributed by atoms with Gasteiger partial charge in [-0.15, -0.1) is 0 Å². The van der Waals surface area contributed by atoms with Gasteiger partial charge >= 0.3 is 0 Å². The summed E-state index contributed by atoms with van der Waals surface area (Å²) in [5.74, 6) is 1.26. The molecule has 0 aromatic carbocycles. The minimum Gasteiger partial charge on any atom is -0.364 e. The summed E-state index contributed by atoms with van der Waals surface area (Å²) in [6.45, 7) is 0.319. The maximum absolute atomic E-state index is 12.0. The Labute approximate surface area is 129 Å². The van der Waals surface area contributed by atoms with Crippen LogP contribution in [-0.2, 0) is 28.0 Å². The predicted molar refractivity (Wildman–Crippen MR) is 78.7 cm³/mol. The van der Waals surface area contributed by atoms with Crippen LogP contribution in [0.2, 0.25) is 0 Å². The Kier molecular flexibility index (Phi) is 4.42. The van der Waals surface area contributed by atoms with E-state index in [0.29, 0.717) is 25.4 Å². The number of imidazole rings is 1. The predicted octanol–water partition coefficient (Wildman–Crippen LogP) is 0.110. The highest BCUT2D eigenvalue weighted by Crippen LogP contribution is 2.36. The summed E-state index contributed by atoms with van der Waals surface area (Å²) < 4.78 is 7.27. The third-order valence-corrected chi connectivity index (χ3v) is 4.31. The van der Waals surface area contributed by atoms with Gasteiger partial charge in [0.25, 0.3) is 0 Å². The molecule has 2 heterocycles. The number of piperidine rings is 1. The standard InChI is InChI=1S/C15H22N4O3/c1-19-7-6-16-12(19)8-22-9-14(21)17-11-4-5-13(20)18-15(11)10-2-3-10/h6-7,10-11,15H,2-5,8-9H2,1H3,(H,17,21)(H,18,20)/t11-,15+/m1/s1. The number of carbonyl (C=O) groups excluding carboxylic acids is 2. The molecule has 0 spiro atoms. The Morgan fingerprint density at radius 2 is 2.32 bits per heavy atom. The molecule has 1 aromatic heterocycles. The first-order chi connectivity index (χ1) is 10.6. The van der Waals surface area contributed by atoms with Crippen molar-refractivity contribution in [1.82, 2.24) is 20.2 Å². The van der Waals surface area contributed by atoms with E-state index in [2.05, 4.69) is 15.6 Å². The molecule has 2 N–H and O–H groups in total. The lowest BCUT2D eigenvalue weighted by molar-refractivity contribution is -0.130. The van der Waals surface area contributed by atoms with Gasteiger partial charge in [-0.1, -0.05) is 0 Å². The fourth-order valence-electron chi connectivity index (χ4n) is 2.91. The number of ether oxygens (including phenoxy) is 1. The minimum absolute atomic E-state index is 0.00862. The summed E-state index contributed by atoms with van der Waals surface area (Å²) in [7, 11) is 1.89. The normalized spacial score (nSPS) is 24.9. The molecule has 0 bridgehead atoms. The van der Waals surface area contributed by atoms with Crippen molar-refractivity contribution in [2.24, 2.45) is 13.0 Å². The molecule has 0 radical (unpaired) electrons. The lowest BCUT2D eigenvalue weighted by atomic mass is 9.94. The molecule has 7 nitrogen and oxygen atoms in total. The van der Waals surface area contributed by atoms with Crippen LogP contribution in [0.4, 0.5) is 0 Å². The zero-order valence-electron chi connectivity index (χ0n) is 12.7. The van der Waals surface area contributed by atoms with Crippen molar-refractivity contribution < 1.29 is 14.3 Å². The molecule has 2 fully saturated rings. The summed E-state index contributed by atoms with van der Waals surface area (Å²) in [4.78, 5) is 27.7. The molecule has 3 rings (SSSR count). The summed E-state index contributed by atoms with van der Waals surface area (Å²) in [5.41, 5.74) is 0. The van der Waals surface area contributed by atoms with Crippen LogP contribution in [0.15, 0.2) is 12.4 Å². The van der Waals surface area contributed by atoms with Crippen molar-refractivity contribution in [3.05, 3.63) is 18.2 Å². The van der Waals surface area contributed by atoms with Crippen molar-refractivity contribution in [3.63, 3.8) is 0 Å². The van der Waals surface area contributed by atoms with Crippen molar-refractivity contribution in [2.75, 3.05) is 6.61 Å². The first-order valence-corrected chi connectivity index (χ1v) is 7.76. The number of aromatic nitrogens is 2. The van der Waals surface area contributed by atoms with Crippen LogP contribution in [0.25, 0.3) is 0 Å². The second-order valence-corrected chi connectivity index (χ2v) is 6.09. The lowest BCUT2D eigenvalue weighted by Crippen LogP contribution is -2.56. The largest absolute Gasteiger partial charge is 0.364 e. The molecule has 0 unspecified atom stereocenters. The molecular weight excluding hydrogens is 284 g/mol. The monoisotopic (exact) mass is 306 g/mol. The van der Waals surface area contributed by atoms with Gasteiger partial charge in [-0.3, -0.25) is 9.59 Å². The molecule has 1 saturated carbocycles. The fourth-order valence-corrected chi connectivity index (χ4v) is 2.91. The van der Waals surface area contributed by atoms with Crippen LogP contribution >= 0.6 is 0 Å². The van der Waals surface area contributed by atoms with Crippen LogP contribution in [-0.4, -0.2) is 40.1 Å². The third kappa shape index (κ3) is 3.65. The molecule has 22 heavy (non-hydrogen) atoms. The fraction of sp³-hybridized carbons (Fsp3) is 0.667. The Bertz CT molecular complexity index is 553. The van der Waals surface area contributed by atoms with Crippen LogP contribution in [0.3, 0.4) is 0 Å². The first-order valence-electron chi connectivity index (χ1n) is 7.76. The number of nitrogens with zero attached hydrogens (tertiary/aromatic N) is 2. The average molecular weight is 306 g/mol. The summed E-state index contributed by atoms with van der Waals surface area (Å²) in [5, 5.41) is 6.01. The summed E-state index contributed by atoms with van der Waals surface area (Å²) in [6, 6.07) is 0.106. The number of amides is 2. The maximum Gasteiger partial charge on any atom is 0.246 e. The van der Waals surface area contributed by atoms with Gasteiger partial charge in [0, 0.05) is 31.9 Å². The van der Waals surface area contributed by atoms with Gasteiger partial charge in [0.15, 0.2) is 0 Å². The van der Waals surface area contributed by atoms with E-state index in [-0.39, 0.29) is 30.5 Å². The molecule has 1 saturated heterocycles. The van der Waals surface area contributed by atoms with Gasteiger partial charge in [0.1, 0.15) is 19.0 Å². The van der Waals surface area contributed by atoms with E-state index >= 15 is 0 Å². The van der Waals surface area contributed by atoms with Crippen LogP contribution in [0, 0.1) is 5.92 Å². The second-order valence-electron chi connectivity index (χ2n) is 6.09. The van der Waals surface area contributed by atoms with Gasteiger partial charge in [-0.05, 0) is 25.2 Å². The molecule has 1 aliphatic carbocycles. The van der Waals surface area contributed by atoms with E-state index in [4.69, 9.17) is 4.74 Å². The quantitative estimate of drug-likeness (QED) is 0.781. The number of rotatable bonds is 6. The Morgan fingerprint density at radius 3 is 3.00 bits per heavy atom. The molecule has 2 atom stereocenters. The van der Waals surface area contributed by atoms with Gasteiger partial charge in [-0.2, -0.15) is 0 Å². The number of hydrogen-bond acceptors (Lipinski definition) is 4. The smallest absolute Gasteiger partial charge is 0.246 e. The topological polar surface area (TPSA) is 85.2 Å². The van der Waals surface area contributed by atoms with E-state index < -0.39 is 0 Å². The average Bonchev–Trinajstić information content (AvgIpc) is 3.25. The van der Waals surface area contributed by atoms with Crippen LogP contribution in [0.5, 0.6) is 0 Å². The van der Waals surface area contributed by atoms with Crippen molar-refractivity contribution in [2.45, 2.75) is 44.4 Å². The maximum atomic E-state index is 12.0. The highest BCUT2D eigenvalue weighted by Gasteiger charge is 2.40. The zero-order chi connectivity index (χ0) is 15.5. The molecule has 2 aliphatic rings. The van der Waals surface area contributed by atoms with Gasteiger partial charge < -0.3 is 19.9 Å². The van der Waals surface area contributed by atoms with Crippen molar-refractivity contribution in [1.29, 1.82) is 0 Å². The van der Waals surface area contributed by atoms with E-state index in [0.717, 1.165) is 18.7 Å². The Hall–Kier alpha value is -1.89. The zero-order valence-corrected chi connectivity index (χ0v) is 12.7. The number of hydrogen-bond donors (Lipinski definition) is 2. The Balaban J connectivity index is 1.44. The van der Waals surface area contributed by atoms with Crippen molar-refractivity contribution in [3.8, 4) is 0 Å². The van der Waals surface area contributed by atoms with Crippen LogP contribution in [0.1, 0.15) is 31.5 Å². The molecule has 2 amide bonds. The Morgan fingerprint density at radius 1 is 1.50 bits per heavy atom. The molecule has 7 heteroatoms. The van der Waals surface area contributed by atoms with Gasteiger partial charge in [0.05, 0.1) is 6.04 Å². The first kappa shape index (κ1) is 15.0. The number of aryl methyl sites for hydroxylation is 1. The van der Waals surface area contributed by atoms with E-state index in [9.17, 15) is 9.59 Å². The van der Waals surface area contributed by atoms with Crippen LogP contribution < -0.4 is 10.6 Å². The SMILES string of the molecule is Cn1ccnc1COCC(=O)N[C@@H]1CCC(=O)N[C@H]1C1CC1. The highest BCUT2D eigenvalue weighted by atomic mass is 16.5. The molecule has 1 aliphatic heterocycles. The minimum atomic E-state index is -0.138. The van der Waals surface area contributed by atoms with E-state index in [1.165, 1.54) is 0 Å². The number of carbonyl (C=O) groups is 2.